The van der Waals surface area contributed by atoms with Gasteiger partial charge in [0.25, 0.3) is 5.91 Å². The number of benzene rings is 2. The molecule has 0 radical (unpaired) electrons. The lowest BCUT2D eigenvalue weighted by Gasteiger charge is -2.07. The second-order valence-electron chi connectivity index (χ2n) is 7.05. The Labute approximate surface area is 182 Å². The highest BCUT2D eigenvalue weighted by Gasteiger charge is 2.23. The fraction of sp³-hybridized carbons (Fsp3) is 0.182. The third kappa shape index (κ3) is 6.26. The number of carbonyl (C=O) groups excluding carboxylic acids is 2. The van der Waals surface area contributed by atoms with E-state index in [-0.39, 0.29) is 29.4 Å². The molecule has 1 aliphatic rings. The number of nitrogens with one attached hydrogen (secondary N) is 3. The first-order valence-electron chi connectivity index (χ1n) is 9.75. The van der Waals surface area contributed by atoms with Gasteiger partial charge in [-0.15, -0.1) is 5.10 Å². The van der Waals surface area contributed by atoms with Crippen molar-refractivity contribution in [3.05, 3.63) is 71.3 Å². The van der Waals surface area contributed by atoms with Crippen LogP contribution in [0.15, 0.2) is 53.7 Å². The number of carbonyl (C=O) groups is 2. The Morgan fingerprint density at radius 1 is 1.16 bits per heavy atom. The van der Waals surface area contributed by atoms with E-state index in [0.717, 1.165) is 18.4 Å². The molecule has 0 atom stereocenters. The zero-order valence-electron chi connectivity index (χ0n) is 16.5. The topological polar surface area (TPSA) is 99.8 Å². The van der Waals surface area contributed by atoms with Gasteiger partial charge in [0.2, 0.25) is 11.1 Å². The Morgan fingerprint density at radius 3 is 2.74 bits per heavy atom. The Morgan fingerprint density at radius 2 is 1.97 bits per heavy atom. The molecule has 0 saturated heterocycles. The maximum Gasteiger partial charge on any atom is 0.251 e. The molecule has 31 heavy (non-hydrogen) atoms. The third-order valence-electron chi connectivity index (χ3n) is 4.44. The molecule has 0 aliphatic heterocycles. The van der Waals surface area contributed by atoms with Gasteiger partial charge in [0.05, 0.1) is 5.75 Å². The van der Waals surface area contributed by atoms with E-state index in [1.165, 1.54) is 23.9 Å². The van der Waals surface area contributed by atoms with E-state index in [4.69, 9.17) is 0 Å². The summed E-state index contributed by atoms with van der Waals surface area (Å²) >= 11 is 1.19. The lowest BCUT2D eigenvalue weighted by molar-refractivity contribution is -0.113. The van der Waals surface area contributed by atoms with Crippen molar-refractivity contribution in [1.29, 1.82) is 0 Å². The molecule has 0 spiro atoms. The standard InChI is InChI=1S/C22H20FN5O2S/c23-16-7-4-14(5-8-16)6-11-19-26-22(28-27-19)31-13-20(29)24-18-3-1-2-15(12-18)21(30)25-17-9-10-17/h1-8,11-12,17H,9-10,13H2,(H,24,29)(H,25,30)(H,26,27,28)/b11-6+. The number of anilines is 1. The molecule has 4 rings (SSSR count). The van der Waals surface area contributed by atoms with E-state index in [1.54, 1.807) is 48.6 Å². The van der Waals surface area contributed by atoms with E-state index >= 15 is 0 Å². The maximum atomic E-state index is 12.9. The van der Waals surface area contributed by atoms with Gasteiger partial charge in [0.1, 0.15) is 11.6 Å². The van der Waals surface area contributed by atoms with E-state index in [9.17, 15) is 14.0 Å². The van der Waals surface area contributed by atoms with Crippen molar-refractivity contribution < 1.29 is 14.0 Å². The molecule has 2 aromatic carbocycles. The van der Waals surface area contributed by atoms with Crippen molar-refractivity contribution in [3.8, 4) is 0 Å². The zero-order valence-corrected chi connectivity index (χ0v) is 17.3. The molecule has 0 unspecified atom stereocenters. The monoisotopic (exact) mass is 437 g/mol. The first-order valence-corrected chi connectivity index (χ1v) is 10.7. The number of hydrogen-bond donors (Lipinski definition) is 3. The summed E-state index contributed by atoms with van der Waals surface area (Å²) in [5.41, 5.74) is 1.91. The minimum atomic E-state index is -0.290. The van der Waals surface area contributed by atoms with Crippen molar-refractivity contribution in [2.75, 3.05) is 11.1 Å². The molecule has 1 aliphatic carbocycles. The smallest absolute Gasteiger partial charge is 0.251 e. The summed E-state index contributed by atoms with van der Waals surface area (Å²) in [6.45, 7) is 0. The van der Waals surface area contributed by atoms with Crippen LogP contribution in [-0.4, -0.2) is 38.8 Å². The van der Waals surface area contributed by atoms with Crippen LogP contribution in [0.4, 0.5) is 10.1 Å². The fourth-order valence-electron chi connectivity index (χ4n) is 2.71. The van der Waals surface area contributed by atoms with Gasteiger partial charge in [-0.25, -0.2) is 9.37 Å². The average molecular weight is 438 g/mol. The molecule has 2 amide bonds. The van der Waals surface area contributed by atoms with Gasteiger partial charge in [0, 0.05) is 17.3 Å². The van der Waals surface area contributed by atoms with Gasteiger partial charge in [-0.2, -0.15) is 0 Å². The normalized spacial score (nSPS) is 13.3. The van der Waals surface area contributed by atoms with Gasteiger partial charge in [-0.1, -0.05) is 36.0 Å². The van der Waals surface area contributed by atoms with Crippen LogP contribution >= 0.6 is 11.8 Å². The Kier molecular flexibility index (Phi) is 6.42. The minimum absolute atomic E-state index is 0.122. The first kappa shape index (κ1) is 20.8. The van der Waals surface area contributed by atoms with Crippen LogP contribution in [0.25, 0.3) is 12.2 Å². The van der Waals surface area contributed by atoms with Crippen LogP contribution in [0.5, 0.6) is 0 Å². The van der Waals surface area contributed by atoms with Crippen molar-refractivity contribution in [1.82, 2.24) is 20.5 Å². The second kappa shape index (κ2) is 9.57. The number of rotatable bonds is 8. The number of aromatic amines is 1. The van der Waals surface area contributed by atoms with Crippen LogP contribution in [0, 0.1) is 5.82 Å². The molecule has 3 aromatic rings. The molecule has 1 heterocycles. The predicted octanol–water partition coefficient (Wildman–Crippen LogP) is 3.74. The summed E-state index contributed by atoms with van der Waals surface area (Å²) in [5.74, 6) is 0.00815. The second-order valence-corrected chi connectivity index (χ2v) is 8.00. The summed E-state index contributed by atoms with van der Waals surface area (Å²) in [4.78, 5) is 28.7. The van der Waals surface area contributed by atoms with Crippen molar-refractivity contribution in [3.63, 3.8) is 0 Å². The van der Waals surface area contributed by atoms with E-state index in [1.807, 2.05) is 0 Å². The summed E-state index contributed by atoms with van der Waals surface area (Å²) in [6, 6.07) is 13.2. The summed E-state index contributed by atoms with van der Waals surface area (Å²) < 4.78 is 12.9. The summed E-state index contributed by atoms with van der Waals surface area (Å²) in [6.07, 6.45) is 5.55. The Hall–Kier alpha value is -3.46. The van der Waals surface area contributed by atoms with Crippen LogP contribution in [0.1, 0.15) is 34.6 Å². The fourth-order valence-corrected chi connectivity index (χ4v) is 3.31. The zero-order chi connectivity index (χ0) is 21.6. The molecule has 9 heteroatoms. The highest BCUT2D eigenvalue weighted by atomic mass is 32.2. The molecule has 3 N–H and O–H groups in total. The molecular formula is C22H20FN5O2S. The van der Waals surface area contributed by atoms with Gasteiger partial charge in [-0.3, -0.25) is 14.7 Å². The Balaban J connectivity index is 1.27. The average Bonchev–Trinajstić information content (AvgIpc) is 3.46. The van der Waals surface area contributed by atoms with Crippen molar-refractivity contribution >= 4 is 41.4 Å². The van der Waals surface area contributed by atoms with Crippen molar-refractivity contribution in [2.24, 2.45) is 0 Å². The lowest BCUT2D eigenvalue weighted by Crippen LogP contribution is -2.25. The molecule has 1 fully saturated rings. The van der Waals surface area contributed by atoms with Gasteiger partial charge >= 0.3 is 0 Å². The van der Waals surface area contributed by atoms with Crippen molar-refractivity contribution in [2.45, 2.75) is 24.0 Å². The summed E-state index contributed by atoms with van der Waals surface area (Å²) in [7, 11) is 0. The highest BCUT2D eigenvalue weighted by Crippen LogP contribution is 2.20. The molecule has 1 aromatic heterocycles. The molecular weight excluding hydrogens is 417 g/mol. The lowest BCUT2D eigenvalue weighted by atomic mass is 10.2. The van der Waals surface area contributed by atoms with Crippen LogP contribution < -0.4 is 10.6 Å². The number of H-pyrrole nitrogens is 1. The van der Waals surface area contributed by atoms with Gasteiger partial charge in [-0.05, 0) is 54.8 Å². The largest absolute Gasteiger partial charge is 0.349 e. The molecule has 0 bridgehead atoms. The van der Waals surface area contributed by atoms with E-state index in [0.29, 0.717) is 22.2 Å². The highest BCUT2D eigenvalue weighted by molar-refractivity contribution is 7.99. The van der Waals surface area contributed by atoms with Gasteiger partial charge in [0.15, 0.2) is 0 Å². The number of nitrogens with zero attached hydrogens (tertiary/aromatic N) is 2. The SMILES string of the molecule is O=C(CSc1n[nH]c(/C=C/c2ccc(F)cc2)n1)Nc1cccc(C(=O)NC2CC2)c1. The van der Waals surface area contributed by atoms with Crippen LogP contribution in [0.2, 0.25) is 0 Å². The predicted molar refractivity (Wildman–Crippen MR) is 118 cm³/mol. The van der Waals surface area contributed by atoms with E-state index in [2.05, 4.69) is 25.8 Å². The molecule has 7 nitrogen and oxygen atoms in total. The maximum absolute atomic E-state index is 12.9. The van der Waals surface area contributed by atoms with E-state index < -0.39 is 0 Å². The molecule has 1 saturated carbocycles. The minimum Gasteiger partial charge on any atom is -0.349 e. The molecule has 158 valence electrons. The van der Waals surface area contributed by atoms with Gasteiger partial charge < -0.3 is 10.6 Å². The Bertz CT molecular complexity index is 1110. The number of hydrogen-bond acceptors (Lipinski definition) is 5. The number of thioether (sulfide) groups is 1. The summed E-state index contributed by atoms with van der Waals surface area (Å²) in [5, 5.41) is 13.0. The first-order chi connectivity index (χ1) is 15.0. The number of amides is 2. The number of halogens is 1. The quantitative estimate of drug-likeness (QED) is 0.466. The number of aromatic nitrogens is 3. The third-order valence-corrected chi connectivity index (χ3v) is 5.29. The van der Waals surface area contributed by atoms with Crippen LogP contribution in [-0.2, 0) is 4.79 Å². The van der Waals surface area contributed by atoms with Crippen LogP contribution in [0.3, 0.4) is 0 Å².